The molecule has 2 aromatic rings. The van der Waals surface area contributed by atoms with Crippen molar-refractivity contribution in [3.8, 4) is 0 Å². The number of nitrogens with zero attached hydrogens (tertiary/aromatic N) is 1. The molecule has 0 spiro atoms. The zero-order valence-corrected chi connectivity index (χ0v) is 15.2. The molecule has 0 saturated carbocycles. The van der Waals surface area contributed by atoms with Crippen molar-refractivity contribution in [3.05, 3.63) is 54.1 Å². The van der Waals surface area contributed by atoms with E-state index < -0.39 is 18.2 Å². The second-order valence-electron chi connectivity index (χ2n) is 6.83. The Hall–Kier alpha value is -2.90. The quantitative estimate of drug-likeness (QED) is 0.671. The number of piperidine rings is 1. The smallest absolute Gasteiger partial charge is 0.404 e. The zero-order valence-electron chi connectivity index (χ0n) is 15.2. The van der Waals surface area contributed by atoms with E-state index in [9.17, 15) is 18.0 Å². The normalized spacial score (nSPS) is 15.3. The van der Waals surface area contributed by atoms with Crippen LogP contribution in [0.3, 0.4) is 0 Å². The average molecular weight is 393 g/mol. The van der Waals surface area contributed by atoms with Gasteiger partial charge in [0.2, 0.25) is 0 Å². The molecular weight excluding hydrogens is 371 g/mol. The summed E-state index contributed by atoms with van der Waals surface area (Å²) in [7, 11) is 0. The number of carbonyl (C=O) groups is 1. The highest BCUT2D eigenvalue weighted by molar-refractivity contribution is 5.65. The van der Waals surface area contributed by atoms with Crippen LogP contribution in [0.5, 0.6) is 0 Å². The highest BCUT2D eigenvalue weighted by Crippen LogP contribution is 2.35. The first-order valence-electron chi connectivity index (χ1n) is 9.06. The maximum absolute atomic E-state index is 12.8. The van der Waals surface area contributed by atoms with Gasteiger partial charge < -0.3 is 20.6 Å². The van der Waals surface area contributed by atoms with Crippen LogP contribution in [0.15, 0.2) is 48.5 Å². The molecule has 8 heteroatoms. The summed E-state index contributed by atoms with van der Waals surface area (Å²) < 4.78 is 38.3. The number of rotatable bonds is 5. The van der Waals surface area contributed by atoms with Gasteiger partial charge in [0.1, 0.15) is 0 Å². The number of nitrogens with one attached hydrogen (secondary N) is 2. The third kappa shape index (κ3) is 5.31. The van der Waals surface area contributed by atoms with E-state index in [1.807, 2.05) is 53.4 Å². The lowest BCUT2D eigenvalue weighted by molar-refractivity contribution is -0.179. The van der Waals surface area contributed by atoms with Crippen molar-refractivity contribution in [2.24, 2.45) is 5.92 Å². The Morgan fingerprint density at radius 3 is 2.04 bits per heavy atom. The molecule has 1 amide bonds. The lowest BCUT2D eigenvalue weighted by Gasteiger charge is -2.34. The summed E-state index contributed by atoms with van der Waals surface area (Å²) in [6, 6.07) is 15.0. The minimum absolute atomic E-state index is 0.132. The van der Waals surface area contributed by atoms with Crippen LogP contribution in [0, 0.1) is 5.92 Å². The summed E-state index contributed by atoms with van der Waals surface area (Å²) >= 11 is 0. The molecule has 1 saturated heterocycles. The van der Waals surface area contributed by atoms with Crippen LogP contribution in [0.4, 0.5) is 35.0 Å². The molecule has 0 radical (unpaired) electrons. The van der Waals surface area contributed by atoms with Crippen LogP contribution in [-0.4, -0.2) is 30.5 Å². The molecule has 1 fully saturated rings. The molecule has 0 bridgehead atoms. The van der Waals surface area contributed by atoms with Crippen LogP contribution in [0.2, 0.25) is 0 Å². The van der Waals surface area contributed by atoms with E-state index in [2.05, 4.69) is 10.6 Å². The first-order valence-corrected chi connectivity index (χ1v) is 9.06. The second-order valence-corrected chi connectivity index (χ2v) is 6.83. The predicted molar refractivity (Wildman–Crippen MR) is 102 cm³/mol. The molecule has 1 aliphatic rings. The zero-order chi connectivity index (χ0) is 20.1. The number of carboxylic acid groups (broad SMARTS) is 1. The highest BCUT2D eigenvalue weighted by Gasteiger charge is 2.41. The summed E-state index contributed by atoms with van der Waals surface area (Å²) in [5.74, 6) is -1.20. The SMILES string of the molecule is O=C(O)NCc1ccc(Nc2ccc(N3CCC(C(F)(F)F)CC3)cc2)cc1. The van der Waals surface area contributed by atoms with Crippen LogP contribution in [0.1, 0.15) is 18.4 Å². The summed E-state index contributed by atoms with van der Waals surface area (Å²) in [4.78, 5) is 12.5. The Labute approximate surface area is 161 Å². The van der Waals surface area contributed by atoms with Gasteiger partial charge in [0.25, 0.3) is 0 Å². The minimum Gasteiger partial charge on any atom is -0.465 e. The van der Waals surface area contributed by atoms with Crippen molar-refractivity contribution in [1.29, 1.82) is 0 Å². The standard InChI is InChI=1S/C20H22F3N3O2/c21-20(22,23)15-9-11-26(12-10-15)18-7-5-17(6-8-18)25-16-3-1-14(2-4-16)13-24-19(27)28/h1-8,15,24-25H,9-13H2,(H,27,28). The summed E-state index contributed by atoms with van der Waals surface area (Å²) in [5.41, 5.74) is 3.50. The molecule has 2 aromatic carbocycles. The monoisotopic (exact) mass is 393 g/mol. The van der Waals surface area contributed by atoms with Gasteiger partial charge in [-0.1, -0.05) is 12.1 Å². The van der Waals surface area contributed by atoms with Gasteiger partial charge in [0, 0.05) is 36.7 Å². The van der Waals surface area contributed by atoms with Crippen molar-refractivity contribution >= 4 is 23.2 Å². The Balaban J connectivity index is 1.54. The Morgan fingerprint density at radius 1 is 1.00 bits per heavy atom. The maximum Gasteiger partial charge on any atom is 0.404 e. The molecule has 5 nitrogen and oxygen atoms in total. The lowest BCUT2D eigenvalue weighted by atomic mass is 9.96. The molecule has 0 aliphatic carbocycles. The van der Waals surface area contributed by atoms with E-state index in [-0.39, 0.29) is 19.4 Å². The van der Waals surface area contributed by atoms with Gasteiger partial charge >= 0.3 is 12.3 Å². The van der Waals surface area contributed by atoms with Crippen LogP contribution < -0.4 is 15.5 Å². The van der Waals surface area contributed by atoms with Crippen molar-refractivity contribution in [3.63, 3.8) is 0 Å². The van der Waals surface area contributed by atoms with Gasteiger partial charge in [0.05, 0.1) is 5.92 Å². The van der Waals surface area contributed by atoms with Gasteiger partial charge in [-0.05, 0) is 54.8 Å². The van der Waals surface area contributed by atoms with Crippen molar-refractivity contribution < 1.29 is 23.1 Å². The largest absolute Gasteiger partial charge is 0.465 e. The molecule has 0 unspecified atom stereocenters. The molecule has 0 aromatic heterocycles. The highest BCUT2D eigenvalue weighted by atomic mass is 19.4. The Morgan fingerprint density at radius 2 is 1.54 bits per heavy atom. The van der Waals surface area contributed by atoms with E-state index in [1.165, 1.54) is 0 Å². The molecular formula is C20H22F3N3O2. The van der Waals surface area contributed by atoms with Gasteiger partial charge in [-0.3, -0.25) is 0 Å². The number of anilines is 3. The molecule has 150 valence electrons. The van der Waals surface area contributed by atoms with E-state index in [0.29, 0.717) is 13.1 Å². The average Bonchev–Trinajstić information content (AvgIpc) is 2.67. The van der Waals surface area contributed by atoms with Crippen molar-refractivity contribution in [2.75, 3.05) is 23.3 Å². The molecule has 3 N–H and O–H groups in total. The number of halogens is 3. The predicted octanol–water partition coefficient (Wildman–Crippen LogP) is 4.98. The molecule has 28 heavy (non-hydrogen) atoms. The minimum atomic E-state index is -4.10. The number of hydrogen-bond acceptors (Lipinski definition) is 3. The van der Waals surface area contributed by atoms with E-state index in [0.717, 1.165) is 22.6 Å². The number of alkyl halides is 3. The Kier molecular flexibility index (Phi) is 5.96. The van der Waals surface area contributed by atoms with Crippen LogP contribution >= 0.6 is 0 Å². The van der Waals surface area contributed by atoms with Gasteiger partial charge in [-0.25, -0.2) is 4.79 Å². The van der Waals surface area contributed by atoms with E-state index in [4.69, 9.17) is 5.11 Å². The van der Waals surface area contributed by atoms with Gasteiger partial charge in [0.15, 0.2) is 0 Å². The van der Waals surface area contributed by atoms with Crippen LogP contribution in [-0.2, 0) is 6.54 Å². The van der Waals surface area contributed by atoms with E-state index >= 15 is 0 Å². The Bertz CT molecular complexity index is 784. The third-order valence-electron chi connectivity index (χ3n) is 4.88. The topological polar surface area (TPSA) is 64.6 Å². The first kappa shape index (κ1) is 19.9. The lowest BCUT2D eigenvalue weighted by Crippen LogP contribution is -2.38. The molecule has 1 heterocycles. The number of benzene rings is 2. The summed E-state index contributed by atoms with van der Waals surface area (Å²) in [5, 5.41) is 14.2. The third-order valence-corrected chi connectivity index (χ3v) is 4.88. The van der Waals surface area contributed by atoms with Gasteiger partial charge in [-0.15, -0.1) is 0 Å². The first-order chi connectivity index (χ1) is 13.3. The fraction of sp³-hybridized carbons (Fsp3) is 0.350. The number of amides is 1. The second kappa shape index (κ2) is 8.41. The van der Waals surface area contributed by atoms with Crippen molar-refractivity contribution in [1.82, 2.24) is 5.32 Å². The fourth-order valence-corrected chi connectivity index (χ4v) is 3.27. The maximum atomic E-state index is 12.8. The van der Waals surface area contributed by atoms with Gasteiger partial charge in [-0.2, -0.15) is 13.2 Å². The number of hydrogen-bond donors (Lipinski definition) is 3. The fourth-order valence-electron chi connectivity index (χ4n) is 3.27. The molecule has 3 rings (SSSR count). The molecule has 1 aliphatic heterocycles. The van der Waals surface area contributed by atoms with E-state index in [1.54, 1.807) is 0 Å². The summed E-state index contributed by atoms with van der Waals surface area (Å²) in [6.45, 7) is 1.06. The summed E-state index contributed by atoms with van der Waals surface area (Å²) in [6.07, 6.45) is -4.90. The van der Waals surface area contributed by atoms with Crippen LogP contribution in [0.25, 0.3) is 0 Å². The van der Waals surface area contributed by atoms with Crippen molar-refractivity contribution in [2.45, 2.75) is 25.6 Å². The molecule has 0 atom stereocenters.